The fourth-order valence-electron chi connectivity index (χ4n) is 4.94. The van der Waals surface area contributed by atoms with Gasteiger partial charge in [-0.25, -0.2) is 9.69 Å². The van der Waals surface area contributed by atoms with E-state index in [1.807, 2.05) is 6.08 Å². The van der Waals surface area contributed by atoms with Crippen LogP contribution in [0.25, 0.3) is 0 Å². The third-order valence-electron chi connectivity index (χ3n) is 6.60. The summed E-state index contributed by atoms with van der Waals surface area (Å²) in [4.78, 5) is 29.5. The highest BCUT2D eigenvalue weighted by atomic mass is 16.2. The second-order valence-corrected chi connectivity index (χ2v) is 8.38. The summed E-state index contributed by atoms with van der Waals surface area (Å²) in [6.07, 6.45) is 7.40. The lowest BCUT2D eigenvalue weighted by Crippen LogP contribution is -2.50. The normalized spacial score (nSPS) is 30.1. The molecule has 3 amide bonds. The molecule has 2 fully saturated rings. The van der Waals surface area contributed by atoms with Gasteiger partial charge in [0, 0.05) is 12.6 Å². The SMILES string of the molecule is C=CCN(CN1C(=O)NC2(CCC(C)CC2)C1=O)C1CCc2ccccc21. The van der Waals surface area contributed by atoms with Gasteiger partial charge in [-0.3, -0.25) is 9.69 Å². The molecule has 1 aromatic carbocycles. The molecule has 1 aliphatic heterocycles. The molecule has 1 unspecified atom stereocenters. The minimum Gasteiger partial charge on any atom is -0.323 e. The molecule has 5 heteroatoms. The van der Waals surface area contributed by atoms with Gasteiger partial charge in [-0.15, -0.1) is 6.58 Å². The summed E-state index contributed by atoms with van der Waals surface area (Å²) < 4.78 is 0. The van der Waals surface area contributed by atoms with Crippen molar-refractivity contribution in [2.75, 3.05) is 13.2 Å². The number of benzene rings is 1. The van der Waals surface area contributed by atoms with E-state index < -0.39 is 5.54 Å². The van der Waals surface area contributed by atoms with Crippen molar-refractivity contribution in [2.45, 2.75) is 57.0 Å². The molecule has 1 aromatic rings. The van der Waals surface area contributed by atoms with Crippen molar-refractivity contribution in [3.63, 3.8) is 0 Å². The Morgan fingerprint density at radius 1 is 1.26 bits per heavy atom. The van der Waals surface area contributed by atoms with Crippen molar-refractivity contribution in [3.8, 4) is 0 Å². The lowest BCUT2D eigenvalue weighted by atomic mass is 9.77. The number of aryl methyl sites for hydroxylation is 1. The van der Waals surface area contributed by atoms with Crippen LogP contribution in [0.1, 0.15) is 56.2 Å². The van der Waals surface area contributed by atoms with E-state index in [0.717, 1.165) is 38.5 Å². The zero-order valence-corrected chi connectivity index (χ0v) is 16.1. The fourth-order valence-corrected chi connectivity index (χ4v) is 4.94. The van der Waals surface area contributed by atoms with Crippen molar-refractivity contribution in [1.29, 1.82) is 0 Å². The fraction of sp³-hybridized carbons (Fsp3) is 0.545. The quantitative estimate of drug-likeness (QED) is 0.639. The third-order valence-corrected chi connectivity index (χ3v) is 6.60. The van der Waals surface area contributed by atoms with Crippen LogP contribution in [-0.4, -0.2) is 40.5 Å². The number of nitrogens with zero attached hydrogens (tertiary/aromatic N) is 2. The molecular weight excluding hydrogens is 338 g/mol. The smallest absolute Gasteiger partial charge is 0.323 e. The molecule has 0 aromatic heterocycles. The summed E-state index contributed by atoms with van der Waals surface area (Å²) >= 11 is 0. The Hall–Kier alpha value is -2.14. The van der Waals surface area contributed by atoms with Crippen LogP contribution >= 0.6 is 0 Å². The van der Waals surface area contributed by atoms with Gasteiger partial charge in [0.05, 0.1) is 6.67 Å². The summed E-state index contributed by atoms with van der Waals surface area (Å²) in [6, 6.07) is 8.46. The maximum atomic E-state index is 13.2. The minimum absolute atomic E-state index is 0.0419. The number of imide groups is 1. The molecule has 27 heavy (non-hydrogen) atoms. The average molecular weight is 367 g/mol. The summed E-state index contributed by atoms with van der Waals surface area (Å²) in [6.45, 7) is 7.08. The Morgan fingerprint density at radius 3 is 2.74 bits per heavy atom. The van der Waals surface area contributed by atoms with E-state index >= 15 is 0 Å². The zero-order valence-electron chi connectivity index (χ0n) is 16.1. The average Bonchev–Trinajstić information content (AvgIpc) is 3.19. The number of urea groups is 1. The first-order valence-corrected chi connectivity index (χ1v) is 10.1. The van der Waals surface area contributed by atoms with Gasteiger partial charge in [-0.1, -0.05) is 37.3 Å². The number of amides is 3. The van der Waals surface area contributed by atoms with Gasteiger partial charge in [-0.2, -0.15) is 0 Å². The first kappa shape index (κ1) is 18.2. The molecule has 1 atom stereocenters. The van der Waals surface area contributed by atoms with Gasteiger partial charge in [0.1, 0.15) is 5.54 Å². The number of nitrogens with one attached hydrogen (secondary N) is 1. The van der Waals surface area contributed by atoms with Crippen molar-refractivity contribution >= 4 is 11.9 Å². The number of carbonyl (C=O) groups excluding carboxylic acids is 2. The Kier molecular flexibility index (Phi) is 4.81. The Bertz CT molecular complexity index is 752. The van der Waals surface area contributed by atoms with E-state index in [-0.39, 0.29) is 18.0 Å². The van der Waals surface area contributed by atoms with E-state index in [1.165, 1.54) is 16.0 Å². The third kappa shape index (κ3) is 3.18. The van der Waals surface area contributed by atoms with Gasteiger partial charge < -0.3 is 5.32 Å². The van der Waals surface area contributed by atoms with Crippen molar-refractivity contribution in [2.24, 2.45) is 5.92 Å². The van der Waals surface area contributed by atoms with Crippen LogP contribution in [0.2, 0.25) is 0 Å². The lowest BCUT2D eigenvalue weighted by molar-refractivity contribution is -0.134. The van der Waals surface area contributed by atoms with Crippen LogP contribution in [0.3, 0.4) is 0 Å². The van der Waals surface area contributed by atoms with Crippen LogP contribution in [0.5, 0.6) is 0 Å². The van der Waals surface area contributed by atoms with Crippen molar-refractivity contribution < 1.29 is 9.59 Å². The molecule has 1 spiro atoms. The Balaban J connectivity index is 1.53. The maximum absolute atomic E-state index is 13.2. The van der Waals surface area contributed by atoms with Crippen LogP contribution in [0, 0.1) is 5.92 Å². The molecule has 1 N–H and O–H groups in total. The number of rotatable bonds is 5. The summed E-state index contributed by atoms with van der Waals surface area (Å²) in [5, 5.41) is 3.03. The van der Waals surface area contributed by atoms with Crippen LogP contribution < -0.4 is 5.32 Å². The topological polar surface area (TPSA) is 52.6 Å². The maximum Gasteiger partial charge on any atom is 0.326 e. The van der Waals surface area contributed by atoms with Gasteiger partial charge in [0.25, 0.3) is 5.91 Å². The molecule has 4 rings (SSSR count). The number of hydrogen-bond donors (Lipinski definition) is 1. The molecule has 2 aliphatic carbocycles. The second kappa shape index (κ2) is 7.12. The first-order chi connectivity index (χ1) is 13.0. The van der Waals surface area contributed by atoms with Crippen LogP contribution in [-0.2, 0) is 11.2 Å². The van der Waals surface area contributed by atoms with Crippen molar-refractivity contribution in [1.82, 2.24) is 15.1 Å². The molecule has 144 valence electrons. The Morgan fingerprint density at radius 2 is 2.00 bits per heavy atom. The van der Waals surface area contributed by atoms with E-state index in [4.69, 9.17) is 0 Å². The van der Waals surface area contributed by atoms with Gasteiger partial charge in [0.2, 0.25) is 0 Å². The molecule has 1 saturated heterocycles. The molecule has 3 aliphatic rings. The Labute approximate surface area is 161 Å². The highest BCUT2D eigenvalue weighted by Crippen LogP contribution is 2.38. The zero-order chi connectivity index (χ0) is 19.0. The summed E-state index contributed by atoms with van der Waals surface area (Å²) in [5.41, 5.74) is 2.01. The van der Waals surface area contributed by atoms with Crippen LogP contribution in [0.15, 0.2) is 36.9 Å². The molecule has 5 nitrogen and oxygen atoms in total. The standard InChI is InChI=1S/C22H29N3O2/c1-3-14-24(19-9-8-17-6-4-5-7-18(17)19)15-25-20(26)22(23-21(25)27)12-10-16(2)11-13-22/h3-7,16,19H,1,8-15H2,2H3,(H,23,27). The summed E-state index contributed by atoms with van der Waals surface area (Å²) in [7, 11) is 0. The molecule has 0 radical (unpaired) electrons. The molecule has 1 saturated carbocycles. The summed E-state index contributed by atoms with van der Waals surface area (Å²) in [5.74, 6) is 0.585. The number of fused-ring (bicyclic) bond motifs is 1. The predicted molar refractivity (Wildman–Crippen MR) is 105 cm³/mol. The van der Waals surface area contributed by atoms with Crippen molar-refractivity contribution in [3.05, 3.63) is 48.0 Å². The number of carbonyl (C=O) groups is 2. The first-order valence-electron chi connectivity index (χ1n) is 10.1. The van der Waals surface area contributed by atoms with Crippen LogP contribution in [0.4, 0.5) is 4.79 Å². The van der Waals surface area contributed by atoms with E-state index in [1.54, 1.807) is 0 Å². The lowest BCUT2D eigenvalue weighted by Gasteiger charge is -2.35. The highest BCUT2D eigenvalue weighted by molar-refractivity contribution is 6.07. The molecule has 1 heterocycles. The largest absolute Gasteiger partial charge is 0.326 e. The highest BCUT2D eigenvalue weighted by Gasteiger charge is 2.52. The van der Waals surface area contributed by atoms with E-state index in [2.05, 4.69) is 48.0 Å². The minimum atomic E-state index is -0.670. The van der Waals surface area contributed by atoms with E-state index in [9.17, 15) is 9.59 Å². The van der Waals surface area contributed by atoms with Gasteiger partial charge >= 0.3 is 6.03 Å². The predicted octanol–water partition coefficient (Wildman–Crippen LogP) is 3.62. The second-order valence-electron chi connectivity index (χ2n) is 8.38. The van der Waals surface area contributed by atoms with Gasteiger partial charge in [-0.05, 0) is 55.6 Å². The monoisotopic (exact) mass is 367 g/mol. The van der Waals surface area contributed by atoms with E-state index in [0.29, 0.717) is 19.1 Å². The molecular formula is C22H29N3O2. The van der Waals surface area contributed by atoms with Gasteiger partial charge in [0.15, 0.2) is 0 Å². The molecule has 0 bridgehead atoms. The number of hydrogen-bond acceptors (Lipinski definition) is 3.